The van der Waals surface area contributed by atoms with Crippen LogP contribution in [-0.4, -0.2) is 23.6 Å². The third-order valence-electron chi connectivity index (χ3n) is 3.33. The molecular formula is C13H18N4S. The average molecular weight is 262 g/mol. The zero-order valence-corrected chi connectivity index (χ0v) is 11.4. The molecule has 0 bridgehead atoms. The summed E-state index contributed by atoms with van der Waals surface area (Å²) >= 11 is 1.65. The van der Waals surface area contributed by atoms with E-state index in [2.05, 4.69) is 32.0 Å². The monoisotopic (exact) mass is 262 g/mol. The van der Waals surface area contributed by atoms with Gasteiger partial charge in [0.2, 0.25) is 5.95 Å². The number of nitrogens with zero attached hydrogens (tertiary/aromatic N) is 2. The van der Waals surface area contributed by atoms with Crippen molar-refractivity contribution in [2.24, 2.45) is 5.92 Å². The molecule has 0 amide bonds. The van der Waals surface area contributed by atoms with E-state index in [0.717, 1.165) is 28.5 Å². The van der Waals surface area contributed by atoms with Crippen LogP contribution in [0, 0.1) is 5.92 Å². The summed E-state index contributed by atoms with van der Waals surface area (Å²) in [6.45, 7) is 1.00. The van der Waals surface area contributed by atoms with Crippen LogP contribution in [0.25, 0.3) is 10.2 Å². The fraction of sp³-hybridized carbons (Fsp3) is 0.538. The number of rotatable bonds is 6. The Morgan fingerprint density at radius 1 is 1.39 bits per heavy atom. The molecule has 1 aliphatic carbocycles. The molecule has 5 heteroatoms. The molecule has 0 atom stereocenters. The van der Waals surface area contributed by atoms with Crippen LogP contribution in [0.1, 0.15) is 25.7 Å². The second-order valence-corrected chi connectivity index (χ2v) is 5.69. The second-order valence-electron chi connectivity index (χ2n) is 4.80. The average Bonchev–Trinajstić information content (AvgIpc) is 3.09. The Morgan fingerprint density at radius 2 is 2.28 bits per heavy atom. The van der Waals surface area contributed by atoms with E-state index < -0.39 is 0 Å². The minimum atomic E-state index is 0.689. The molecule has 1 saturated carbocycles. The summed E-state index contributed by atoms with van der Waals surface area (Å²) in [4.78, 5) is 9.98. The van der Waals surface area contributed by atoms with Gasteiger partial charge in [0.25, 0.3) is 0 Å². The van der Waals surface area contributed by atoms with Crippen molar-refractivity contribution in [3.05, 3.63) is 11.4 Å². The Morgan fingerprint density at radius 3 is 3.06 bits per heavy atom. The number of hydrogen-bond donors (Lipinski definition) is 2. The molecule has 2 aromatic heterocycles. The fourth-order valence-electron chi connectivity index (χ4n) is 2.11. The van der Waals surface area contributed by atoms with Crippen molar-refractivity contribution >= 4 is 33.3 Å². The third kappa shape index (κ3) is 2.56. The highest BCUT2D eigenvalue weighted by Gasteiger charge is 2.20. The lowest BCUT2D eigenvalue weighted by atomic mass is 10.2. The molecule has 0 aliphatic heterocycles. The van der Waals surface area contributed by atoms with Gasteiger partial charge in [-0.3, -0.25) is 0 Å². The molecular weight excluding hydrogens is 244 g/mol. The molecule has 1 aliphatic rings. The van der Waals surface area contributed by atoms with Crippen LogP contribution in [0.2, 0.25) is 0 Å². The number of anilines is 2. The zero-order valence-electron chi connectivity index (χ0n) is 10.6. The second kappa shape index (κ2) is 5.10. The summed E-state index contributed by atoms with van der Waals surface area (Å²) in [7, 11) is 1.85. The minimum absolute atomic E-state index is 0.689. The van der Waals surface area contributed by atoms with E-state index in [0.29, 0.717) is 5.95 Å². The number of hydrogen-bond acceptors (Lipinski definition) is 5. The van der Waals surface area contributed by atoms with Crippen LogP contribution >= 0.6 is 11.3 Å². The number of thiophene rings is 1. The number of aromatic nitrogens is 2. The Balaban J connectivity index is 1.70. The minimum Gasteiger partial charge on any atom is -0.369 e. The summed E-state index contributed by atoms with van der Waals surface area (Å²) in [5.41, 5.74) is 0. The van der Waals surface area contributed by atoms with Crippen LogP contribution < -0.4 is 10.6 Å². The molecule has 2 heterocycles. The van der Waals surface area contributed by atoms with Crippen LogP contribution in [-0.2, 0) is 0 Å². The van der Waals surface area contributed by atoms with Gasteiger partial charge in [0, 0.05) is 13.6 Å². The standard InChI is InChI=1S/C13H18N4S/c1-14-13-16-11(10-6-8-18-12(10)17-13)15-7-2-3-9-4-5-9/h6,8-9H,2-5,7H2,1H3,(H2,14,15,16,17). The lowest BCUT2D eigenvalue weighted by Gasteiger charge is -2.08. The quantitative estimate of drug-likeness (QED) is 0.784. The molecule has 96 valence electrons. The highest BCUT2D eigenvalue weighted by molar-refractivity contribution is 7.16. The van der Waals surface area contributed by atoms with E-state index in [1.54, 1.807) is 11.3 Å². The van der Waals surface area contributed by atoms with Crippen LogP contribution in [0.4, 0.5) is 11.8 Å². The summed E-state index contributed by atoms with van der Waals surface area (Å²) in [5.74, 6) is 2.65. The Kier molecular flexibility index (Phi) is 3.32. The van der Waals surface area contributed by atoms with E-state index in [4.69, 9.17) is 0 Å². The highest BCUT2D eigenvalue weighted by Crippen LogP contribution is 2.33. The van der Waals surface area contributed by atoms with Crippen molar-refractivity contribution < 1.29 is 0 Å². The molecule has 1 fully saturated rings. The van der Waals surface area contributed by atoms with Crippen molar-refractivity contribution in [1.82, 2.24) is 9.97 Å². The van der Waals surface area contributed by atoms with Gasteiger partial charge in [-0.25, -0.2) is 4.98 Å². The van der Waals surface area contributed by atoms with Gasteiger partial charge in [0.15, 0.2) is 0 Å². The Hall–Kier alpha value is -1.36. The lowest BCUT2D eigenvalue weighted by molar-refractivity contribution is 0.687. The maximum Gasteiger partial charge on any atom is 0.225 e. The van der Waals surface area contributed by atoms with E-state index in [9.17, 15) is 0 Å². The third-order valence-corrected chi connectivity index (χ3v) is 4.13. The first-order chi connectivity index (χ1) is 8.86. The molecule has 2 N–H and O–H groups in total. The molecule has 0 unspecified atom stereocenters. The smallest absolute Gasteiger partial charge is 0.225 e. The summed E-state index contributed by atoms with van der Waals surface area (Å²) in [5, 5.41) is 9.65. The van der Waals surface area contributed by atoms with Gasteiger partial charge in [0.1, 0.15) is 10.6 Å². The van der Waals surface area contributed by atoms with Gasteiger partial charge in [0.05, 0.1) is 5.39 Å². The van der Waals surface area contributed by atoms with Crippen molar-refractivity contribution in [3.63, 3.8) is 0 Å². The van der Waals surface area contributed by atoms with Gasteiger partial charge in [-0.2, -0.15) is 4.98 Å². The summed E-state index contributed by atoms with van der Waals surface area (Å²) < 4.78 is 0. The Bertz CT molecular complexity index is 533. The maximum atomic E-state index is 4.50. The topological polar surface area (TPSA) is 49.8 Å². The first kappa shape index (κ1) is 11.7. The van der Waals surface area contributed by atoms with Crippen LogP contribution in [0.3, 0.4) is 0 Å². The first-order valence-corrected chi connectivity index (χ1v) is 7.41. The van der Waals surface area contributed by atoms with Crippen LogP contribution in [0.5, 0.6) is 0 Å². The van der Waals surface area contributed by atoms with Crippen LogP contribution in [0.15, 0.2) is 11.4 Å². The summed E-state index contributed by atoms with van der Waals surface area (Å²) in [6, 6.07) is 2.09. The van der Waals surface area contributed by atoms with E-state index in [-0.39, 0.29) is 0 Å². The maximum absolute atomic E-state index is 4.50. The molecule has 0 radical (unpaired) electrons. The molecule has 4 nitrogen and oxygen atoms in total. The molecule has 3 rings (SSSR count). The van der Waals surface area contributed by atoms with Gasteiger partial charge < -0.3 is 10.6 Å². The van der Waals surface area contributed by atoms with Crippen molar-refractivity contribution in [1.29, 1.82) is 0 Å². The van der Waals surface area contributed by atoms with Gasteiger partial charge in [-0.15, -0.1) is 11.3 Å². The Labute approximate surface area is 111 Å². The van der Waals surface area contributed by atoms with Gasteiger partial charge in [-0.05, 0) is 30.2 Å². The molecule has 2 aromatic rings. The van der Waals surface area contributed by atoms with E-state index >= 15 is 0 Å². The predicted octanol–water partition coefficient (Wildman–Crippen LogP) is 3.34. The highest BCUT2D eigenvalue weighted by atomic mass is 32.1. The summed E-state index contributed by atoms with van der Waals surface area (Å²) in [6.07, 6.45) is 5.46. The SMILES string of the molecule is CNc1nc(NCCCC2CC2)c2ccsc2n1. The van der Waals surface area contributed by atoms with Crippen molar-refractivity contribution in [2.75, 3.05) is 24.2 Å². The number of nitrogens with one attached hydrogen (secondary N) is 2. The normalized spacial score (nSPS) is 14.9. The fourth-order valence-corrected chi connectivity index (χ4v) is 2.87. The lowest BCUT2D eigenvalue weighted by Crippen LogP contribution is -2.06. The van der Waals surface area contributed by atoms with E-state index in [1.165, 1.54) is 25.7 Å². The predicted molar refractivity (Wildman–Crippen MR) is 77.4 cm³/mol. The molecule has 18 heavy (non-hydrogen) atoms. The molecule has 0 spiro atoms. The largest absolute Gasteiger partial charge is 0.369 e. The van der Waals surface area contributed by atoms with Gasteiger partial charge >= 0.3 is 0 Å². The van der Waals surface area contributed by atoms with Crippen molar-refractivity contribution in [2.45, 2.75) is 25.7 Å². The van der Waals surface area contributed by atoms with E-state index in [1.807, 2.05) is 7.05 Å². The molecule has 0 saturated heterocycles. The molecule has 0 aromatic carbocycles. The van der Waals surface area contributed by atoms with Crippen molar-refractivity contribution in [3.8, 4) is 0 Å². The van der Waals surface area contributed by atoms with Gasteiger partial charge in [-0.1, -0.05) is 12.8 Å². The zero-order chi connectivity index (χ0) is 12.4. The first-order valence-electron chi connectivity index (χ1n) is 6.53. The number of fused-ring (bicyclic) bond motifs is 1.